The number of rotatable bonds is 5. The lowest BCUT2D eigenvalue weighted by molar-refractivity contribution is -0.133. The zero-order valence-electron chi connectivity index (χ0n) is 15.7. The third-order valence-electron chi connectivity index (χ3n) is 6.36. The molecule has 1 aromatic rings. The molecule has 4 rings (SSSR count). The molecule has 26 heavy (non-hydrogen) atoms. The highest BCUT2D eigenvalue weighted by Gasteiger charge is 2.47. The van der Waals surface area contributed by atoms with Crippen LogP contribution < -0.4 is 4.72 Å². The third kappa shape index (κ3) is 3.89. The Morgan fingerprint density at radius 1 is 1.12 bits per heavy atom. The number of amides is 1. The van der Waals surface area contributed by atoms with Crippen LogP contribution in [0, 0.1) is 5.92 Å². The smallest absolute Gasteiger partial charge is 0.226 e. The van der Waals surface area contributed by atoms with Gasteiger partial charge in [0.1, 0.15) is 0 Å². The highest BCUT2D eigenvalue weighted by Crippen LogP contribution is 2.52. The summed E-state index contributed by atoms with van der Waals surface area (Å²) in [5.74, 6) is 1.58. The van der Waals surface area contributed by atoms with Gasteiger partial charge >= 0.3 is 0 Å². The molecule has 0 bridgehead atoms. The molecule has 3 aliphatic rings. The van der Waals surface area contributed by atoms with Crippen molar-refractivity contribution in [3.8, 4) is 0 Å². The lowest BCUT2D eigenvalue weighted by Gasteiger charge is -2.33. The molecule has 4 nitrogen and oxygen atoms in total. The first-order valence-corrected chi connectivity index (χ1v) is 11.7. The summed E-state index contributed by atoms with van der Waals surface area (Å²) in [5, 5.41) is 0. The van der Waals surface area contributed by atoms with E-state index in [2.05, 4.69) is 29.0 Å². The van der Waals surface area contributed by atoms with E-state index in [-0.39, 0.29) is 12.0 Å². The molecule has 1 amide bonds. The summed E-state index contributed by atoms with van der Waals surface area (Å²) in [6.07, 6.45) is 9.94. The van der Waals surface area contributed by atoms with Gasteiger partial charge < -0.3 is 4.90 Å². The fourth-order valence-electron chi connectivity index (χ4n) is 5.01. The maximum absolute atomic E-state index is 13.0. The Morgan fingerprint density at radius 2 is 1.85 bits per heavy atom. The average Bonchev–Trinajstić information content (AvgIpc) is 3.25. The topological polar surface area (TPSA) is 49.4 Å². The van der Waals surface area contributed by atoms with E-state index < -0.39 is 11.0 Å². The number of carbonyl (C=O) groups is 1. The van der Waals surface area contributed by atoms with Crippen LogP contribution in [0.2, 0.25) is 0 Å². The van der Waals surface area contributed by atoms with Gasteiger partial charge in [-0.1, -0.05) is 37.1 Å². The molecular formula is C21H30N2O2S. The van der Waals surface area contributed by atoms with E-state index in [9.17, 15) is 9.00 Å². The van der Waals surface area contributed by atoms with Crippen molar-refractivity contribution in [3.05, 3.63) is 35.4 Å². The number of benzene rings is 1. The van der Waals surface area contributed by atoms with Crippen molar-refractivity contribution in [2.45, 2.75) is 62.8 Å². The third-order valence-corrected chi connectivity index (χ3v) is 7.03. The summed E-state index contributed by atoms with van der Waals surface area (Å²) in [6, 6.07) is 9.00. The number of hydrogen-bond acceptors (Lipinski definition) is 2. The Labute approximate surface area is 159 Å². The molecule has 0 aromatic heterocycles. The minimum atomic E-state index is -1.02. The van der Waals surface area contributed by atoms with Crippen LogP contribution >= 0.6 is 0 Å². The Bertz CT molecular complexity index is 686. The summed E-state index contributed by atoms with van der Waals surface area (Å²) in [7, 11) is -1.02. The largest absolute Gasteiger partial charge is 0.341 e. The van der Waals surface area contributed by atoms with E-state index in [1.807, 2.05) is 4.90 Å². The van der Waals surface area contributed by atoms with Gasteiger partial charge in [-0.3, -0.25) is 4.79 Å². The molecule has 0 radical (unpaired) electrons. The summed E-state index contributed by atoms with van der Waals surface area (Å²) < 4.78 is 14.5. The van der Waals surface area contributed by atoms with Gasteiger partial charge in [-0.05, 0) is 55.1 Å². The Morgan fingerprint density at radius 3 is 2.58 bits per heavy atom. The minimum Gasteiger partial charge on any atom is -0.341 e. The first-order valence-electron chi connectivity index (χ1n) is 10.1. The van der Waals surface area contributed by atoms with Crippen molar-refractivity contribution in [1.82, 2.24) is 9.62 Å². The molecule has 4 atom stereocenters. The van der Waals surface area contributed by atoms with Gasteiger partial charge in [-0.2, -0.15) is 0 Å². The summed E-state index contributed by atoms with van der Waals surface area (Å²) in [4.78, 5) is 15.0. The van der Waals surface area contributed by atoms with Gasteiger partial charge in [-0.15, -0.1) is 0 Å². The maximum Gasteiger partial charge on any atom is 0.226 e. The number of hydrogen-bond donors (Lipinski definition) is 1. The normalized spacial score (nSPS) is 30.3. The standard InChI is InChI=1S/C21H30N2O2S/c1-26(25)22-16-9-6-12-23(14-16)21(24)20-13-19(20)18-11-5-4-10-17(18)15-7-2-3-8-15/h4-5,10-11,15-16,19-20,22H,2-3,6-9,12-14H2,1H3. The second-order valence-corrected chi connectivity index (χ2v) is 9.40. The number of piperidine rings is 1. The van der Waals surface area contributed by atoms with Crippen molar-refractivity contribution in [3.63, 3.8) is 0 Å². The van der Waals surface area contributed by atoms with Crippen LogP contribution in [0.15, 0.2) is 24.3 Å². The number of likely N-dealkylation sites (tertiary alicyclic amines) is 1. The van der Waals surface area contributed by atoms with E-state index in [1.54, 1.807) is 6.26 Å². The fraction of sp³-hybridized carbons (Fsp3) is 0.667. The van der Waals surface area contributed by atoms with Gasteiger partial charge in [0, 0.05) is 31.3 Å². The van der Waals surface area contributed by atoms with Crippen molar-refractivity contribution in [1.29, 1.82) is 0 Å². The molecule has 3 fully saturated rings. The molecule has 4 unspecified atom stereocenters. The molecule has 1 saturated heterocycles. The van der Waals surface area contributed by atoms with Crippen molar-refractivity contribution < 1.29 is 9.00 Å². The second kappa shape index (κ2) is 7.81. The van der Waals surface area contributed by atoms with E-state index in [4.69, 9.17) is 0 Å². The monoisotopic (exact) mass is 374 g/mol. The van der Waals surface area contributed by atoms with Crippen LogP contribution in [0.4, 0.5) is 0 Å². The number of carbonyl (C=O) groups excluding carboxylic acids is 1. The lowest BCUT2D eigenvalue weighted by Crippen LogP contribution is -2.48. The molecule has 1 aromatic carbocycles. The van der Waals surface area contributed by atoms with Crippen LogP contribution in [-0.2, 0) is 15.8 Å². The predicted molar refractivity (Wildman–Crippen MR) is 105 cm³/mol. The first-order chi connectivity index (χ1) is 12.6. The van der Waals surface area contributed by atoms with Crippen LogP contribution in [0.5, 0.6) is 0 Å². The molecular weight excluding hydrogens is 344 g/mol. The number of nitrogens with zero attached hydrogens (tertiary/aromatic N) is 1. The molecule has 2 aliphatic carbocycles. The van der Waals surface area contributed by atoms with Crippen LogP contribution in [-0.4, -0.2) is 40.4 Å². The molecule has 0 spiro atoms. The number of nitrogens with one attached hydrogen (secondary N) is 1. The van der Waals surface area contributed by atoms with Crippen molar-refractivity contribution >= 4 is 16.9 Å². The summed E-state index contributed by atoms with van der Waals surface area (Å²) in [6.45, 7) is 1.55. The molecule has 5 heteroatoms. The van der Waals surface area contributed by atoms with E-state index in [0.717, 1.165) is 25.8 Å². The quantitative estimate of drug-likeness (QED) is 0.859. The average molecular weight is 375 g/mol. The fourth-order valence-corrected chi connectivity index (χ4v) is 5.67. The van der Waals surface area contributed by atoms with Crippen molar-refractivity contribution in [2.75, 3.05) is 19.3 Å². The zero-order chi connectivity index (χ0) is 18.1. The van der Waals surface area contributed by atoms with E-state index in [1.165, 1.54) is 36.8 Å². The predicted octanol–water partition coefficient (Wildman–Crippen LogP) is 3.32. The Hall–Kier alpha value is -1.20. The first kappa shape index (κ1) is 18.2. The van der Waals surface area contributed by atoms with E-state index >= 15 is 0 Å². The Balaban J connectivity index is 1.42. The zero-order valence-corrected chi connectivity index (χ0v) is 16.5. The summed E-state index contributed by atoms with van der Waals surface area (Å²) >= 11 is 0. The van der Waals surface area contributed by atoms with Gasteiger partial charge in [0.15, 0.2) is 0 Å². The SMILES string of the molecule is CS(=O)NC1CCCN(C(=O)C2CC2c2ccccc2C2CCCC2)C1. The van der Waals surface area contributed by atoms with Crippen LogP contribution in [0.25, 0.3) is 0 Å². The van der Waals surface area contributed by atoms with Crippen molar-refractivity contribution in [2.24, 2.45) is 5.92 Å². The molecule has 1 N–H and O–H groups in total. The van der Waals surface area contributed by atoms with Gasteiger partial charge in [0.05, 0.1) is 11.0 Å². The lowest BCUT2D eigenvalue weighted by atomic mass is 9.90. The Kier molecular flexibility index (Phi) is 5.46. The van der Waals surface area contributed by atoms with Gasteiger partial charge in [0.25, 0.3) is 0 Å². The van der Waals surface area contributed by atoms with Crippen LogP contribution in [0.3, 0.4) is 0 Å². The summed E-state index contributed by atoms with van der Waals surface area (Å²) in [5.41, 5.74) is 2.93. The molecule has 2 saturated carbocycles. The molecule has 142 valence electrons. The van der Waals surface area contributed by atoms with Gasteiger partial charge in [0.2, 0.25) is 5.91 Å². The molecule has 1 heterocycles. The highest BCUT2D eigenvalue weighted by atomic mass is 32.2. The minimum absolute atomic E-state index is 0.156. The van der Waals surface area contributed by atoms with Crippen LogP contribution in [0.1, 0.15) is 67.9 Å². The second-order valence-electron chi connectivity index (χ2n) is 8.25. The van der Waals surface area contributed by atoms with E-state index in [0.29, 0.717) is 24.3 Å². The molecule has 1 aliphatic heterocycles. The maximum atomic E-state index is 13.0. The van der Waals surface area contributed by atoms with Gasteiger partial charge in [-0.25, -0.2) is 8.93 Å². The highest BCUT2D eigenvalue weighted by molar-refractivity contribution is 7.82.